The van der Waals surface area contributed by atoms with Crippen LogP contribution in [0.25, 0.3) is 0 Å². The summed E-state index contributed by atoms with van der Waals surface area (Å²) >= 11 is 0. The molecule has 2 heterocycles. The lowest BCUT2D eigenvalue weighted by Gasteiger charge is -2.28. The molecule has 1 aromatic rings. The number of carbonyl (C=O) groups excluding carboxylic acids is 1. The van der Waals surface area contributed by atoms with Crippen LogP contribution in [0.1, 0.15) is 34.6 Å². The van der Waals surface area contributed by atoms with Crippen molar-refractivity contribution in [2.75, 3.05) is 40.4 Å². The smallest absolute Gasteiger partial charge is 0.272 e. The maximum Gasteiger partial charge on any atom is 0.272 e. The van der Waals surface area contributed by atoms with Gasteiger partial charge in [0.2, 0.25) is 0 Å². The highest BCUT2D eigenvalue weighted by molar-refractivity contribution is 5.92. The van der Waals surface area contributed by atoms with E-state index in [2.05, 4.69) is 16.0 Å². The molecule has 1 aromatic heterocycles. The number of likely N-dealkylation sites (N-methyl/N-ethyl adjacent to an activating group) is 1. The lowest BCUT2D eigenvalue weighted by atomic mass is 10.1. The number of hydrogen-bond acceptors (Lipinski definition) is 5. The molecule has 0 spiro atoms. The van der Waals surface area contributed by atoms with Crippen LogP contribution in [-0.2, 0) is 4.74 Å². The van der Waals surface area contributed by atoms with Crippen LogP contribution in [0, 0.1) is 18.3 Å². The van der Waals surface area contributed by atoms with Crippen molar-refractivity contribution in [2.24, 2.45) is 0 Å². The second kappa shape index (κ2) is 8.04. The van der Waals surface area contributed by atoms with E-state index >= 15 is 0 Å². The van der Waals surface area contributed by atoms with Gasteiger partial charge in [-0.2, -0.15) is 5.26 Å². The van der Waals surface area contributed by atoms with Gasteiger partial charge in [0, 0.05) is 32.8 Å². The van der Waals surface area contributed by atoms with E-state index in [0.717, 1.165) is 32.5 Å². The second-order valence-electron chi connectivity index (χ2n) is 5.99. The monoisotopic (exact) mass is 316 g/mol. The summed E-state index contributed by atoms with van der Waals surface area (Å²) in [5.74, 6) is -0.0415. The Hall–Kier alpha value is -1.97. The summed E-state index contributed by atoms with van der Waals surface area (Å²) in [6, 6.07) is 5.61. The molecule has 1 aliphatic heterocycles. The Balaban J connectivity index is 2.05. The maximum absolute atomic E-state index is 12.7. The van der Waals surface area contributed by atoms with Gasteiger partial charge in [0.05, 0.1) is 17.9 Å². The first kappa shape index (κ1) is 17.4. The molecule has 1 aliphatic rings. The largest absolute Gasteiger partial charge is 0.383 e. The number of pyridine rings is 1. The third-order valence-corrected chi connectivity index (χ3v) is 4.26. The minimum absolute atomic E-state index is 0.0415. The molecule has 0 saturated carbocycles. The molecule has 0 aliphatic carbocycles. The molecule has 2 rings (SSSR count). The van der Waals surface area contributed by atoms with E-state index in [9.17, 15) is 4.79 Å². The highest BCUT2D eigenvalue weighted by Gasteiger charge is 2.30. The fourth-order valence-electron chi connectivity index (χ4n) is 2.94. The van der Waals surface area contributed by atoms with Gasteiger partial charge >= 0.3 is 0 Å². The fourth-order valence-corrected chi connectivity index (χ4v) is 2.94. The lowest BCUT2D eigenvalue weighted by molar-refractivity contribution is 0.0692. The molecule has 1 fully saturated rings. The standard InChI is InChI=1S/C17H24N4O2/c1-13-14(11-18)6-7-16(19-13)17(22)21-8-4-5-15(21)12-20(2)9-10-23-3/h6-7,15H,4-5,8-10,12H2,1-3H3/t15-/m0/s1. The van der Waals surface area contributed by atoms with E-state index in [1.54, 1.807) is 26.2 Å². The molecule has 0 N–H and O–H groups in total. The van der Waals surface area contributed by atoms with Crippen molar-refractivity contribution in [3.05, 3.63) is 29.1 Å². The van der Waals surface area contributed by atoms with Gasteiger partial charge in [-0.05, 0) is 38.9 Å². The van der Waals surface area contributed by atoms with Crippen molar-refractivity contribution in [1.29, 1.82) is 5.26 Å². The molecule has 0 aromatic carbocycles. The lowest BCUT2D eigenvalue weighted by Crippen LogP contribution is -2.43. The molecule has 1 saturated heterocycles. The van der Waals surface area contributed by atoms with Crippen molar-refractivity contribution >= 4 is 5.91 Å². The van der Waals surface area contributed by atoms with Gasteiger partial charge in [0.25, 0.3) is 5.91 Å². The van der Waals surface area contributed by atoms with Gasteiger partial charge in [0.15, 0.2) is 0 Å². The number of ether oxygens (including phenoxy) is 1. The minimum atomic E-state index is -0.0415. The van der Waals surface area contributed by atoms with Crippen LogP contribution in [0.2, 0.25) is 0 Å². The quantitative estimate of drug-likeness (QED) is 0.794. The number of aryl methyl sites for hydroxylation is 1. The SMILES string of the molecule is COCCN(C)C[C@@H]1CCCN1C(=O)c1ccc(C#N)c(C)n1. The number of aromatic nitrogens is 1. The number of methoxy groups -OCH3 is 1. The first-order valence-corrected chi connectivity index (χ1v) is 7.93. The van der Waals surface area contributed by atoms with Crippen molar-refractivity contribution in [1.82, 2.24) is 14.8 Å². The molecule has 6 heteroatoms. The molecule has 0 radical (unpaired) electrons. The Labute approximate surface area is 137 Å². The first-order valence-electron chi connectivity index (χ1n) is 7.93. The second-order valence-corrected chi connectivity index (χ2v) is 5.99. The zero-order valence-electron chi connectivity index (χ0n) is 14.1. The van der Waals surface area contributed by atoms with Gasteiger partial charge in [-0.3, -0.25) is 4.79 Å². The topological polar surface area (TPSA) is 69.5 Å². The summed E-state index contributed by atoms with van der Waals surface area (Å²) in [7, 11) is 3.74. The Kier molecular flexibility index (Phi) is 6.08. The Morgan fingerprint density at radius 3 is 3.00 bits per heavy atom. The number of nitrogens with zero attached hydrogens (tertiary/aromatic N) is 4. The minimum Gasteiger partial charge on any atom is -0.383 e. The van der Waals surface area contributed by atoms with Crippen LogP contribution >= 0.6 is 0 Å². The zero-order chi connectivity index (χ0) is 16.8. The molecule has 1 amide bonds. The third kappa shape index (κ3) is 4.27. The van der Waals surface area contributed by atoms with Gasteiger partial charge in [-0.25, -0.2) is 4.98 Å². The van der Waals surface area contributed by atoms with E-state index in [4.69, 9.17) is 10.00 Å². The van der Waals surface area contributed by atoms with E-state index in [-0.39, 0.29) is 11.9 Å². The summed E-state index contributed by atoms with van der Waals surface area (Å²) in [6.45, 7) is 4.90. The molecule has 6 nitrogen and oxygen atoms in total. The van der Waals surface area contributed by atoms with Crippen LogP contribution < -0.4 is 0 Å². The van der Waals surface area contributed by atoms with Crippen molar-refractivity contribution in [2.45, 2.75) is 25.8 Å². The van der Waals surface area contributed by atoms with Crippen LogP contribution in [0.4, 0.5) is 0 Å². The molecule has 23 heavy (non-hydrogen) atoms. The van der Waals surface area contributed by atoms with Gasteiger partial charge < -0.3 is 14.5 Å². The number of hydrogen-bond donors (Lipinski definition) is 0. The van der Waals surface area contributed by atoms with Crippen molar-refractivity contribution in [3.63, 3.8) is 0 Å². The molecular weight excluding hydrogens is 292 g/mol. The maximum atomic E-state index is 12.7. The van der Waals surface area contributed by atoms with E-state index in [0.29, 0.717) is 23.6 Å². The Bertz CT molecular complexity index is 597. The summed E-state index contributed by atoms with van der Waals surface area (Å²) < 4.78 is 5.10. The first-order chi connectivity index (χ1) is 11.1. The summed E-state index contributed by atoms with van der Waals surface area (Å²) in [6.07, 6.45) is 2.03. The molecule has 0 unspecified atom stereocenters. The van der Waals surface area contributed by atoms with Crippen LogP contribution in [0.15, 0.2) is 12.1 Å². The number of carbonyl (C=O) groups is 1. The average Bonchev–Trinajstić information content (AvgIpc) is 3.00. The molecule has 1 atom stereocenters. The van der Waals surface area contributed by atoms with Gasteiger partial charge in [-0.15, -0.1) is 0 Å². The number of likely N-dealkylation sites (tertiary alicyclic amines) is 1. The Morgan fingerprint density at radius 1 is 1.57 bits per heavy atom. The normalized spacial score (nSPS) is 17.5. The van der Waals surface area contributed by atoms with Crippen LogP contribution in [0.3, 0.4) is 0 Å². The van der Waals surface area contributed by atoms with Crippen LogP contribution in [-0.4, -0.2) is 67.1 Å². The van der Waals surface area contributed by atoms with E-state index < -0.39 is 0 Å². The van der Waals surface area contributed by atoms with Gasteiger partial charge in [-0.1, -0.05) is 0 Å². The Morgan fingerprint density at radius 2 is 2.35 bits per heavy atom. The third-order valence-electron chi connectivity index (χ3n) is 4.26. The highest BCUT2D eigenvalue weighted by Crippen LogP contribution is 2.20. The van der Waals surface area contributed by atoms with Crippen LogP contribution in [0.5, 0.6) is 0 Å². The number of nitriles is 1. The zero-order valence-corrected chi connectivity index (χ0v) is 14.1. The number of amides is 1. The van der Waals surface area contributed by atoms with Crippen molar-refractivity contribution in [3.8, 4) is 6.07 Å². The predicted octanol–water partition coefficient (Wildman–Crippen LogP) is 1.44. The summed E-state index contributed by atoms with van der Waals surface area (Å²) in [5.41, 5.74) is 1.54. The molecule has 124 valence electrons. The van der Waals surface area contributed by atoms with E-state index in [1.165, 1.54) is 0 Å². The molecule has 0 bridgehead atoms. The average molecular weight is 316 g/mol. The fraction of sp³-hybridized carbons (Fsp3) is 0.588. The predicted molar refractivity (Wildman–Crippen MR) is 87.1 cm³/mol. The summed E-state index contributed by atoms with van der Waals surface area (Å²) in [4.78, 5) is 21.2. The molecular formula is C17H24N4O2. The van der Waals surface area contributed by atoms with Crippen molar-refractivity contribution < 1.29 is 9.53 Å². The number of rotatable bonds is 6. The summed E-state index contributed by atoms with van der Waals surface area (Å²) in [5, 5.41) is 8.97. The van der Waals surface area contributed by atoms with E-state index in [1.807, 2.05) is 11.9 Å². The van der Waals surface area contributed by atoms with Gasteiger partial charge in [0.1, 0.15) is 11.8 Å². The highest BCUT2D eigenvalue weighted by atomic mass is 16.5.